The number of aryl methyl sites for hydroxylation is 1. The van der Waals surface area contributed by atoms with Gasteiger partial charge in [-0.05, 0) is 48.4 Å². The van der Waals surface area contributed by atoms with Gasteiger partial charge in [-0.2, -0.15) is 0 Å². The molecule has 1 unspecified atom stereocenters. The fourth-order valence-corrected chi connectivity index (χ4v) is 6.45. The van der Waals surface area contributed by atoms with Crippen LogP contribution in [0, 0.1) is 12.8 Å². The zero-order valence-corrected chi connectivity index (χ0v) is 22.0. The molecule has 2 N–H and O–H groups in total. The molecule has 3 aliphatic rings. The molecule has 1 aromatic heterocycles. The summed E-state index contributed by atoms with van der Waals surface area (Å²) in [5, 5.41) is 13.4. The molecule has 3 amide bonds. The van der Waals surface area contributed by atoms with Crippen molar-refractivity contribution in [3.05, 3.63) is 76.4 Å². The van der Waals surface area contributed by atoms with E-state index in [0.29, 0.717) is 18.7 Å². The Bertz CT molecular complexity index is 1380. The van der Waals surface area contributed by atoms with Crippen LogP contribution in [0.2, 0.25) is 0 Å². The molecule has 3 atom stereocenters. The highest BCUT2D eigenvalue weighted by Gasteiger charge is 2.49. The van der Waals surface area contributed by atoms with Crippen LogP contribution < -0.4 is 5.32 Å². The quantitative estimate of drug-likeness (QED) is 0.489. The van der Waals surface area contributed by atoms with Gasteiger partial charge in [0.15, 0.2) is 0 Å². The minimum absolute atomic E-state index is 0.0860. The number of thiazole rings is 1. The normalized spacial score (nSPS) is 21.5. The molecule has 1 aliphatic carbocycles. The molecule has 0 radical (unpaired) electrons. The van der Waals surface area contributed by atoms with Crippen LogP contribution in [0.4, 0.5) is 0 Å². The zero-order valence-electron chi connectivity index (χ0n) is 21.2. The minimum atomic E-state index is -0.775. The van der Waals surface area contributed by atoms with Crippen LogP contribution in [0.1, 0.15) is 46.4 Å². The zero-order chi connectivity index (χ0) is 26.4. The number of hydrogen-bond donors (Lipinski definition) is 2. The Morgan fingerprint density at radius 2 is 1.92 bits per heavy atom. The van der Waals surface area contributed by atoms with Crippen LogP contribution >= 0.6 is 11.3 Å². The number of carbonyl (C=O) groups is 3. The second kappa shape index (κ2) is 9.96. The summed E-state index contributed by atoms with van der Waals surface area (Å²) in [5.41, 5.74) is 6.40. The molecule has 196 valence electrons. The van der Waals surface area contributed by atoms with Crippen molar-refractivity contribution < 1.29 is 19.5 Å². The average Bonchev–Trinajstić information content (AvgIpc) is 3.40. The lowest BCUT2D eigenvalue weighted by atomic mass is 10.1. The van der Waals surface area contributed by atoms with Crippen molar-refractivity contribution in [3.63, 3.8) is 0 Å². The summed E-state index contributed by atoms with van der Waals surface area (Å²) in [5.74, 6) is -0.580. The third kappa shape index (κ3) is 4.61. The molecule has 0 spiro atoms. The number of amides is 3. The molecule has 2 aromatic carbocycles. The number of rotatable bonds is 7. The Morgan fingerprint density at radius 3 is 2.61 bits per heavy atom. The summed E-state index contributed by atoms with van der Waals surface area (Å²) in [6.07, 6.45) is 1.16. The summed E-state index contributed by atoms with van der Waals surface area (Å²) < 4.78 is 0. The number of likely N-dealkylation sites (tertiary alicyclic amines) is 1. The van der Waals surface area contributed by atoms with Gasteiger partial charge in [0.2, 0.25) is 11.8 Å². The third-order valence-electron chi connectivity index (χ3n) is 7.80. The molecule has 8 nitrogen and oxygen atoms in total. The van der Waals surface area contributed by atoms with Crippen LogP contribution in [-0.2, 0) is 22.7 Å². The van der Waals surface area contributed by atoms with E-state index in [1.807, 2.05) is 54.9 Å². The van der Waals surface area contributed by atoms with Crippen molar-refractivity contribution in [2.24, 2.45) is 5.92 Å². The van der Waals surface area contributed by atoms with Crippen LogP contribution in [0.5, 0.6) is 0 Å². The highest BCUT2D eigenvalue weighted by molar-refractivity contribution is 7.13. The number of hydrogen-bond acceptors (Lipinski definition) is 6. The van der Waals surface area contributed by atoms with Gasteiger partial charge in [0.25, 0.3) is 5.91 Å². The second-order valence-corrected chi connectivity index (χ2v) is 11.3. The molecule has 1 saturated carbocycles. The van der Waals surface area contributed by atoms with Gasteiger partial charge in [0.1, 0.15) is 12.1 Å². The molecule has 9 heteroatoms. The summed E-state index contributed by atoms with van der Waals surface area (Å²) >= 11 is 1.59. The largest absolute Gasteiger partial charge is 0.391 e. The fraction of sp³-hybridized carbons (Fsp3) is 0.379. The van der Waals surface area contributed by atoms with Gasteiger partial charge in [0, 0.05) is 31.6 Å². The number of carbonyl (C=O) groups excluding carboxylic acids is 3. The van der Waals surface area contributed by atoms with Crippen molar-refractivity contribution in [2.75, 3.05) is 6.54 Å². The maximum atomic E-state index is 13.9. The number of aliphatic hydroxyl groups excluding tert-OH is 1. The summed E-state index contributed by atoms with van der Waals surface area (Å²) in [6, 6.07) is 14.0. The maximum Gasteiger partial charge on any atom is 0.255 e. The number of fused-ring (bicyclic) bond motifs is 1. The molecule has 1 saturated heterocycles. The molecule has 38 heavy (non-hydrogen) atoms. The average molecular weight is 531 g/mol. The van der Waals surface area contributed by atoms with Gasteiger partial charge in [-0.25, -0.2) is 4.98 Å². The highest BCUT2D eigenvalue weighted by Crippen LogP contribution is 2.40. The number of benzene rings is 2. The monoisotopic (exact) mass is 530 g/mol. The number of nitrogens with one attached hydrogen (secondary N) is 1. The van der Waals surface area contributed by atoms with Crippen LogP contribution in [0.3, 0.4) is 0 Å². The third-order valence-corrected chi connectivity index (χ3v) is 8.78. The maximum absolute atomic E-state index is 13.9. The first-order valence-electron chi connectivity index (χ1n) is 13.0. The molecule has 0 bridgehead atoms. The van der Waals surface area contributed by atoms with E-state index in [9.17, 15) is 19.5 Å². The standard InChI is InChI=1S/C29H30N4O4S/c1-17-26(38-16-31-17)20-8-6-18(7-9-20)13-30-27(35)24-12-22(34)15-32(24)29(37)25(19-10-11-19)33-14-21-4-2-3-5-23(21)28(33)36/h2-9,16,19,22,24-25,34H,10-15H2,1H3,(H,30,35)/t22-,24+,25?/m1/s1. The van der Waals surface area contributed by atoms with E-state index in [0.717, 1.165) is 40.1 Å². The van der Waals surface area contributed by atoms with Crippen molar-refractivity contribution in [3.8, 4) is 10.4 Å². The Labute approximate surface area is 225 Å². The van der Waals surface area contributed by atoms with Crippen molar-refractivity contribution in [1.82, 2.24) is 20.1 Å². The molecule has 3 aromatic rings. The lowest BCUT2D eigenvalue weighted by molar-refractivity contribution is -0.142. The molecule has 6 rings (SSSR count). The first-order chi connectivity index (χ1) is 18.4. The number of aliphatic hydroxyl groups is 1. The van der Waals surface area contributed by atoms with Crippen molar-refractivity contribution in [1.29, 1.82) is 0 Å². The summed E-state index contributed by atoms with van der Waals surface area (Å²) in [7, 11) is 0. The van der Waals surface area contributed by atoms with E-state index >= 15 is 0 Å². The lowest BCUT2D eigenvalue weighted by Gasteiger charge is -2.33. The molecular formula is C29H30N4O4S. The topological polar surface area (TPSA) is 103 Å². The van der Waals surface area contributed by atoms with Crippen molar-refractivity contribution >= 4 is 29.1 Å². The molecule has 3 heterocycles. The second-order valence-electron chi connectivity index (χ2n) is 10.5. The Morgan fingerprint density at radius 1 is 1.16 bits per heavy atom. The van der Waals surface area contributed by atoms with E-state index in [1.165, 1.54) is 4.90 Å². The van der Waals surface area contributed by atoms with E-state index in [2.05, 4.69) is 10.3 Å². The SMILES string of the molecule is Cc1ncsc1-c1ccc(CNC(=O)[C@@H]2C[C@@H](O)CN2C(=O)C(C2CC2)N2Cc3ccccc3C2=O)cc1. The Balaban J connectivity index is 1.14. The number of nitrogens with zero attached hydrogens (tertiary/aromatic N) is 3. The summed E-state index contributed by atoms with van der Waals surface area (Å²) in [4.78, 5) is 48.9. The fourth-order valence-electron chi connectivity index (χ4n) is 5.64. The number of β-amino-alcohol motifs (C(OH)–C–C–N with tert-alkyl or cyclic N) is 1. The van der Waals surface area contributed by atoms with Crippen molar-refractivity contribution in [2.45, 2.75) is 57.5 Å². The molecule has 2 aliphatic heterocycles. The first kappa shape index (κ1) is 24.8. The highest BCUT2D eigenvalue weighted by atomic mass is 32.1. The molecule has 2 fully saturated rings. The van der Waals surface area contributed by atoms with E-state index in [-0.39, 0.29) is 36.6 Å². The minimum Gasteiger partial charge on any atom is -0.391 e. The van der Waals surface area contributed by atoms with Gasteiger partial charge < -0.3 is 20.2 Å². The van der Waals surface area contributed by atoms with Crippen LogP contribution in [0.15, 0.2) is 54.0 Å². The van der Waals surface area contributed by atoms with Gasteiger partial charge in [-0.3, -0.25) is 14.4 Å². The van der Waals surface area contributed by atoms with Gasteiger partial charge in [-0.15, -0.1) is 11.3 Å². The van der Waals surface area contributed by atoms with Crippen LogP contribution in [-0.4, -0.2) is 62.3 Å². The summed E-state index contributed by atoms with van der Waals surface area (Å²) in [6.45, 7) is 2.79. The van der Waals surface area contributed by atoms with Crippen LogP contribution in [0.25, 0.3) is 10.4 Å². The van der Waals surface area contributed by atoms with E-state index < -0.39 is 18.2 Å². The van der Waals surface area contributed by atoms with Gasteiger partial charge in [0.05, 0.1) is 22.2 Å². The lowest BCUT2D eigenvalue weighted by Crippen LogP contribution is -2.54. The van der Waals surface area contributed by atoms with Gasteiger partial charge in [-0.1, -0.05) is 42.5 Å². The number of aromatic nitrogens is 1. The predicted octanol–water partition coefficient (Wildman–Crippen LogP) is 3.13. The first-order valence-corrected chi connectivity index (χ1v) is 13.9. The van der Waals surface area contributed by atoms with E-state index in [4.69, 9.17) is 0 Å². The van der Waals surface area contributed by atoms with E-state index in [1.54, 1.807) is 22.3 Å². The Hall–Kier alpha value is -3.56. The molecular weight excluding hydrogens is 500 g/mol. The Kier molecular flexibility index (Phi) is 6.49. The van der Waals surface area contributed by atoms with Gasteiger partial charge >= 0.3 is 0 Å². The smallest absolute Gasteiger partial charge is 0.255 e. The predicted molar refractivity (Wildman–Crippen MR) is 143 cm³/mol.